The third-order valence-corrected chi connectivity index (χ3v) is 1.67. The van der Waals surface area contributed by atoms with Gasteiger partial charge in [0.1, 0.15) is 12.1 Å². The summed E-state index contributed by atoms with van der Waals surface area (Å²) < 4.78 is 0. The summed E-state index contributed by atoms with van der Waals surface area (Å²) in [5.74, 6) is -1.23. The van der Waals surface area contributed by atoms with Crippen LogP contribution >= 0.6 is 0 Å². The second kappa shape index (κ2) is 3.97. The van der Waals surface area contributed by atoms with Crippen LogP contribution in [-0.4, -0.2) is 27.2 Å². The zero-order valence-corrected chi connectivity index (χ0v) is 6.79. The summed E-state index contributed by atoms with van der Waals surface area (Å²) in [5.41, 5.74) is 5.67. The van der Waals surface area contributed by atoms with E-state index in [4.69, 9.17) is 10.8 Å². The molecule has 5 heteroatoms. The maximum atomic E-state index is 10.4. The highest BCUT2D eigenvalue weighted by Crippen LogP contribution is 2.13. The molecular weight excluding hydrogens is 172 g/mol. The fourth-order valence-corrected chi connectivity index (χ4v) is 0.903. The van der Waals surface area contributed by atoms with Gasteiger partial charge in [0.05, 0.1) is 0 Å². The molecule has 0 aliphatic rings. The van der Waals surface area contributed by atoms with Gasteiger partial charge < -0.3 is 15.9 Å². The molecule has 1 rings (SSSR count). The largest absolute Gasteiger partial charge is 0.480 e. The minimum atomic E-state index is -1.30. The Morgan fingerprint density at radius 1 is 1.46 bits per heavy atom. The predicted octanol–water partition coefficient (Wildman–Crippen LogP) is -0.473. The van der Waals surface area contributed by atoms with Crippen LogP contribution in [0, 0.1) is 0 Å². The number of carbonyl (C=O) groups is 1. The highest BCUT2D eigenvalue weighted by atomic mass is 16.4. The quantitative estimate of drug-likeness (QED) is 0.587. The van der Waals surface area contributed by atoms with E-state index in [-0.39, 0.29) is 0 Å². The normalized spacial score (nSPS) is 14.9. The van der Waals surface area contributed by atoms with Crippen molar-refractivity contribution in [2.75, 3.05) is 0 Å². The third kappa shape index (κ3) is 2.24. The monoisotopic (exact) mass is 182 g/mol. The molecule has 0 bridgehead atoms. The van der Waals surface area contributed by atoms with Crippen LogP contribution in [0.1, 0.15) is 11.7 Å². The summed E-state index contributed by atoms with van der Waals surface area (Å²) in [4.78, 5) is 14.1. The van der Waals surface area contributed by atoms with Gasteiger partial charge in [-0.1, -0.05) is 0 Å². The van der Waals surface area contributed by atoms with Gasteiger partial charge in [0.15, 0.2) is 0 Å². The van der Waals surface area contributed by atoms with Gasteiger partial charge in [0, 0.05) is 12.4 Å². The summed E-state index contributed by atoms with van der Waals surface area (Å²) in [7, 11) is 0. The number of nitrogens with two attached hydrogens (primary N) is 1. The molecule has 0 amide bonds. The number of hydrogen-bond acceptors (Lipinski definition) is 4. The first-order valence-electron chi connectivity index (χ1n) is 3.69. The second-order valence-corrected chi connectivity index (χ2v) is 2.59. The molecule has 1 aromatic heterocycles. The van der Waals surface area contributed by atoms with E-state index in [1.54, 1.807) is 0 Å². The number of carboxylic acids is 1. The number of hydrogen-bond donors (Lipinski definition) is 3. The molecule has 4 N–H and O–H groups in total. The van der Waals surface area contributed by atoms with Crippen molar-refractivity contribution in [1.29, 1.82) is 0 Å². The van der Waals surface area contributed by atoms with Crippen molar-refractivity contribution >= 4 is 5.97 Å². The molecule has 0 unspecified atom stereocenters. The van der Waals surface area contributed by atoms with Crippen molar-refractivity contribution in [1.82, 2.24) is 4.98 Å². The van der Waals surface area contributed by atoms with E-state index in [0.717, 1.165) is 0 Å². The summed E-state index contributed by atoms with van der Waals surface area (Å²) in [5, 5.41) is 17.9. The molecule has 1 aromatic rings. The number of aliphatic hydroxyl groups is 1. The zero-order valence-electron chi connectivity index (χ0n) is 6.79. The molecule has 13 heavy (non-hydrogen) atoms. The van der Waals surface area contributed by atoms with E-state index >= 15 is 0 Å². The third-order valence-electron chi connectivity index (χ3n) is 1.67. The van der Waals surface area contributed by atoms with Crippen LogP contribution in [0.2, 0.25) is 0 Å². The molecule has 0 aliphatic heterocycles. The van der Waals surface area contributed by atoms with Gasteiger partial charge in [-0.3, -0.25) is 9.78 Å². The molecule has 0 saturated heterocycles. The van der Waals surface area contributed by atoms with Crippen LogP contribution < -0.4 is 5.73 Å². The molecule has 1 heterocycles. The lowest BCUT2D eigenvalue weighted by Gasteiger charge is -2.14. The lowest BCUT2D eigenvalue weighted by Crippen LogP contribution is -2.36. The smallest absolute Gasteiger partial charge is 0.323 e. The molecule has 0 radical (unpaired) electrons. The van der Waals surface area contributed by atoms with E-state index in [1.165, 1.54) is 24.5 Å². The van der Waals surface area contributed by atoms with Gasteiger partial charge in [0.25, 0.3) is 0 Å². The van der Waals surface area contributed by atoms with E-state index in [0.29, 0.717) is 5.56 Å². The fourth-order valence-electron chi connectivity index (χ4n) is 0.903. The zero-order chi connectivity index (χ0) is 9.84. The Kier molecular flexibility index (Phi) is 2.94. The van der Waals surface area contributed by atoms with Gasteiger partial charge in [-0.25, -0.2) is 0 Å². The summed E-state index contributed by atoms with van der Waals surface area (Å²) in [6.45, 7) is 0. The van der Waals surface area contributed by atoms with Crippen molar-refractivity contribution in [3.05, 3.63) is 30.1 Å². The van der Waals surface area contributed by atoms with Crippen LogP contribution in [0.5, 0.6) is 0 Å². The Bertz CT molecular complexity index is 289. The Labute approximate surface area is 74.8 Å². The minimum Gasteiger partial charge on any atom is -0.480 e. The molecule has 5 nitrogen and oxygen atoms in total. The first-order valence-corrected chi connectivity index (χ1v) is 3.69. The summed E-state index contributed by atoms with van der Waals surface area (Å²) in [6, 6.07) is 1.74. The van der Waals surface area contributed by atoms with Gasteiger partial charge in [-0.05, 0) is 17.7 Å². The average Bonchev–Trinajstić information content (AvgIpc) is 2.17. The predicted molar refractivity (Wildman–Crippen MR) is 44.8 cm³/mol. The topological polar surface area (TPSA) is 96.4 Å². The molecule has 0 fully saturated rings. The molecule has 0 aromatic carbocycles. The number of aromatic nitrogens is 1. The van der Waals surface area contributed by atoms with Gasteiger partial charge in [-0.2, -0.15) is 0 Å². The Balaban J connectivity index is 2.79. The number of carboxylic acid groups (broad SMARTS) is 1. The van der Waals surface area contributed by atoms with Gasteiger partial charge in [0.2, 0.25) is 0 Å². The molecule has 2 atom stereocenters. The standard InChI is InChI=1S/C8H10N2O3/c9-6(8(12)13)7(11)5-1-3-10-4-2-5/h1-4,6-7,11H,9H2,(H,12,13)/t6-,7+/m1/s1. The number of aliphatic carboxylic acids is 1. The van der Waals surface area contributed by atoms with Crippen LogP contribution in [0.15, 0.2) is 24.5 Å². The first-order chi connectivity index (χ1) is 6.13. The minimum absolute atomic E-state index is 0.449. The van der Waals surface area contributed by atoms with Gasteiger partial charge in [-0.15, -0.1) is 0 Å². The molecule has 0 spiro atoms. The second-order valence-electron chi connectivity index (χ2n) is 2.59. The van der Waals surface area contributed by atoms with Crippen molar-refractivity contribution in [3.63, 3.8) is 0 Å². The fraction of sp³-hybridized carbons (Fsp3) is 0.250. The number of nitrogens with zero attached hydrogens (tertiary/aromatic N) is 1. The highest BCUT2D eigenvalue weighted by Gasteiger charge is 2.22. The van der Waals surface area contributed by atoms with Crippen molar-refractivity contribution in [2.24, 2.45) is 5.73 Å². The maximum absolute atomic E-state index is 10.4. The van der Waals surface area contributed by atoms with Crippen molar-refractivity contribution in [2.45, 2.75) is 12.1 Å². The summed E-state index contributed by atoms with van der Waals surface area (Å²) >= 11 is 0. The van der Waals surface area contributed by atoms with Crippen LogP contribution in [0.25, 0.3) is 0 Å². The van der Waals surface area contributed by atoms with Crippen LogP contribution in [0.3, 0.4) is 0 Å². The lowest BCUT2D eigenvalue weighted by molar-refractivity contribution is -0.141. The van der Waals surface area contributed by atoms with Crippen LogP contribution in [0.4, 0.5) is 0 Å². The SMILES string of the molecule is N[C@@H](C(=O)O)[C@@H](O)c1ccncc1. The number of aliphatic hydroxyl groups excluding tert-OH is 1. The Morgan fingerprint density at radius 3 is 2.46 bits per heavy atom. The van der Waals surface area contributed by atoms with E-state index in [9.17, 15) is 9.90 Å². The molecule has 0 saturated carbocycles. The van der Waals surface area contributed by atoms with E-state index in [2.05, 4.69) is 4.98 Å². The molecular formula is C8H10N2O3. The van der Waals surface area contributed by atoms with E-state index in [1.807, 2.05) is 0 Å². The van der Waals surface area contributed by atoms with Crippen molar-refractivity contribution < 1.29 is 15.0 Å². The maximum Gasteiger partial charge on any atom is 0.323 e. The molecule has 70 valence electrons. The number of pyridine rings is 1. The Morgan fingerprint density at radius 2 is 2.00 bits per heavy atom. The highest BCUT2D eigenvalue weighted by molar-refractivity contribution is 5.74. The number of rotatable bonds is 3. The Hall–Kier alpha value is -1.46. The van der Waals surface area contributed by atoms with Gasteiger partial charge >= 0.3 is 5.97 Å². The summed E-state index contributed by atoms with van der Waals surface area (Å²) in [6.07, 6.45) is 1.74. The first kappa shape index (κ1) is 9.63. The van der Waals surface area contributed by atoms with Crippen molar-refractivity contribution in [3.8, 4) is 0 Å². The van der Waals surface area contributed by atoms with Crippen LogP contribution in [-0.2, 0) is 4.79 Å². The lowest BCUT2D eigenvalue weighted by atomic mass is 10.0. The molecule has 0 aliphatic carbocycles. The average molecular weight is 182 g/mol. The van der Waals surface area contributed by atoms with E-state index < -0.39 is 18.1 Å².